The number of hydrogen-bond donors (Lipinski definition) is 0. The first-order chi connectivity index (χ1) is 34.3. The maximum absolute atomic E-state index is 13.8. The van der Waals surface area contributed by atoms with Crippen LogP contribution in [0.1, 0.15) is 43.0 Å². The molecule has 70 heavy (non-hydrogen) atoms. The zero-order chi connectivity index (χ0) is 48.4. The summed E-state index contributed by atoms with van der Waals surface area (Å²) in [4.78, 5) is 30.8. The fourth-order valence-electron chi connectivity index (χ4n) is 8.07. The van der Waals surface area contributed by atoms with Crippen molar-refractivity contribution in [2.24, 2.45) is 20.5 Å². The number of para-hydroxylation sites is 2. The van der Waals surface area contributed by atoms with Gasteiger partial charge in [0.1, 0.15) is 11.4 Å². The van der Waals surface area contributed by atoms with Crippen molar-refractivity contribution in [2.45, 2.75) is 0 Å². The zero-order valence-electron chi connectivity index (χ0n) is 39.1. The highest BCUT2D eigenvalue weighted by atomic mass is 16.5. The minimum Gasteiger partial charge on any atom is -0.494 e. The molecule has 0 radical (unpaired) electrons. The maximum atomic E-state index is 13.8. The van der Waals surface area contributed by atoms with E-state index in [0.717, 1.165) is 55.2 Å². The first kappa shape index (κ1) is 45.9. The van der Waals surface area contributed by atoms with Gasteiger partial charge in [0.05, 0.1) is 36.7 Å². The summed E-state index contributed by atoms with van der Waals surface area (Å²) in [5.74, 6) is 0.304. The summed E-state index contributed by atoms with van der Waals surface area (Å²) in [6.45, 7) is 0. The summed E-state index contributed by atoms with van der Waals surface area (Å²) >= 11 is 0. The third-order valence-corrected chi connectivity index (χ3v) is 11.9. The third-order valence-electron chi connectivity index (χ3n) is 11.9. The van der Waals surface area contributed by atoms with Gasteiger partial charge in [-0.2, -0.15) is 10.2 Å². The molecule has 9 rings (SSSR count). The fourth-order valence-corrected chi connectivity index (χ4v) is 8.07. The van der Waals surface area contributed by atoms with Gasteiger partial charge in [-0.3, -0.25) is 9.59 Å². The van der Waals surface area contributed by atoms with Crippen molar-refractivity contribution in [3.8, 4) is 11.5 Å². The van der Waals surface area contributed by atoms with Gasteiger partial charge in [0.15, 0.2) is 11.5 Å². The molecule has 0 aliphatic carbocycles. The Morgan fingerprint density at radius 2 is 0.714 bits per heavy atom. The number of carbonyl (C=O) groups excluding carboxylic acids is 2. The molecule has 0 aliphatic heterocycles. The van der Waals surface area contributed by atoms with E-state index in [1.807, 2.05) is 170 Å². The minimum atomic E-state index is -0.213. The monoisotopic (exact) mass is 916 g/mol. The first-order valence-electron chi connectivity index (χ1n) is 22.6. The van der Waals surface area contributed by atoms with Crippen LogP contribution in [0.15, 0.2) is 215 Å². The van der Waals surface area contributed by atoms with Crippen molar-refractivity contribution >= 4 is 91.8 Å². The molecule has 0 unspecified atom stereocenters. The van der Waals surface area contributed by atoms with Gasteiger partial charge in [0, 0.05) is 36.2 Å². The van der Waals surface area contributed by atoms with Crippen LogP contribution in [0.25, 0.3) is 45.8 Å². The van der Waals surface area contributed by atoms with Crippen molar-refractivity contribution < 1.29 is 19.1 Å². The van der Waals surface area contributed by atoms with E-state index in [0.29, 0.717) is 45.4 Å². The maximum Gasteiger partial charge on any atom is 0.261 e. The molecule has 10 nitrogen and oxygen atoms in total. The van der Waals surface area contributed by atoms with E-state index in [1.165, 1.54) is 0 Å². The van der Waals surface area contributed by atoms with E-state index in [-0.39, 0.29) is 11.8 Å². The average Bonchev–Trinajstić information content (AvgIpc) is 3.42. The summed E-state index contributed by atoms with van der Waals surface area (Å²) in [6, 6.07) is 62.1. The lowest BCUT2D eigenvalue weighted by atomic mass is 10.0. The van der Waals surface area contributed by atoms with Gasteiger partial charge in [0.25, 0.3) is 11.8 Å². The molecule has 2 amide bonds. The van der Waals surface area contributed by atoms with Crippen LogP contribution in [-0.2, 0) is 0 Å². The lowest BCUT2D eigenvalue weighted by molar-refractivity contribution is 0.0982. The number of nitrogens with zero attached hydrogens (tertiary/aromatic N) is 6. The molecule has 0 saturated heterocycles. The number of anilines is 2. The quantitative estimate of drug-likeness (QED) is 0.0799. The van der Waals surface area contributed by atoms with Crippen LogP contribution in [0.5, 0.6) is 11.5 Å². The predicted molar refractivity (Wildman–Crippen MR) is 285 cm³/mol. The van der Waals surface area contributed by atoms with Crippen LogP contribution in [0, 0.1) is 0 Å². The number of benzene rings is 9. The molecular weight excluding hydrogens is 869 g/mol. The smallest absolute Gasteiger partial charge is 0.261 e. The second-order valence-corrected chi connectivity index (χ2v) is 16.4. The Morgan fingerprint density at radius 1 is 0.400 bits per heavy atom. The van der Waals surface area contributed by atoms with Crippen molar-refractivity contribution in [1.82, 2.24) is 0 Å². The van der Waals surface area contributed by atoms with Gasteiger partial charge < -0.3 is 19.3 Å². The number of fused-ring (bicyclic) bond motifs is 2. The second kappa shape index (κ2) is 21.1. The van der Waals surface area contributed by atoms with Crippen LogP contribution in [0.2, 0.25) is 0 Å². The van der Waals surface area contributed by atoms with E-state index in [4.69, 9.17) is 9.47 Å². The number of carbonyl (C=O) groups is 2. The number of rotatable bonds is 14. The number of ether oxygens (including phenoxy) is 2. The topological polar surface area (TPSA) is 109 Å². The molecular formula is C60H48N6O4. The van der Waals surface area contributed by atoms with Gasteiger partial charge in [-0.1, -0.05) is 158 Å². The van der Waals surface area contributed by atoms with Crippen LogP contribution < -0.4 is 19.3 Å². The second-order valence-electron chi connectivity index (χ2n) is 16.4. The number of hydrogen-bond acceptors (Lipinski definition) is 8. The summed E-state index contributed by atoms with van der Waals surface area (Å²) in [7, 11) is 6.59. The lowest BCUT2D eigenvalue weighted by Crippen LogP contribution is -2.26. The Morgan fingerprint density at radius 3 is 1.06 bits per heavy atom. The zero-order valence-corrected chi connectivity index (χ0v) is 39.1. The molecule has 0 aliphatic rings. The molecule has 0 bridgehead atoms. The van der Waals surface area contributed by atoms with E-state index in [2.05, 4.69) is 69.0 Å². The molecule has 10 heteroatoms. The average molecular weight is 917 g/mol. The van der Waals surface area contributed by atoms with Crippen LogP contribution >= 0.6 is 0 Å². The van der Waals surface area contributed by atoms with Crippen molar-refractivity contribution in [3.63, 3.8) is 0 Å². The van der Waals surface area contributed by atoms with Crippen molar-refractivity contribution in [3.05, 3.63) is 228 Å². The first-order valence-corrected chi connectivity index (χ1v) is 22.6. The summed E-state index contributed by atoms with van der Waals surface area (Å²) in [5.41, 5.74) is 8.77. The third kappa shape index (κ3) is 10.2. The van der Waals surface area contributed by atoms with Crippen molar-refractivity contribution in [1.29, 1.82) is 0 Å². The Bertz CT molecular complexity index is 3210. The van der Waals surface area contributed by atoms with Crippen LogP contribution in [0.4, 0.5) is 34.1 Å². The molecule has 9 aromatic carbocycles. The molecule has 0 aromatic heterocycles. The summed E-state index contributed by atoms with van der Waals surface area (Å²) in [6.07, 6.45) is 8.25. The Kier molecular flexibility index (Phi) is 13.8. The number of amides is 2. The van der Waals surface area contributed by atoms with Crippen LogP contribution in [-0.4, -0.2) is 40.1 Å². The van der Waals surface area contributed by atoms with E-state index in [9.17, 15) is 9.59 Å². The van der Waals surface area contributed by atoms with E-state index < -0.39 is 0 Å². The summed E-state index contributed by atoms with van der Waals surface area (Å²) in [5, 5.41) is 21.8. The summed E-state index contributed by atoms with van der Waals surface area (Å²) < 4.78 is 11.7. The Hall–Kier alpha value is -9.28. The van der Waals surface area contributed by atoms with Gasteiger partial charge in [-0.25, -0.2) is 0 Å². The molecule has 9 aromatic rings. The molecule has 0 spiro atoms. The molecule has 342 valence electrons. The molecule has 0 saturated carbocycles. The highest BCUT2D eigenvalue weighted by molar-refractivity contribution is 6.14. The molecule has 0 N–H and O–H groups in total. The van der Waals surface area contributed by atoms with E-state index in [1.54, 1.807) is 38.1 Å². The van der Waals surface area contributed by atoms with Gasteiger partial charge in [-0.05, 0) is 93.7 Å². The lowest BCUT2D eigenvalue weighted by Gasteiger charge is -2.20. The largest absolute Gasteiger partial charge is 0.494 e. The Labute approximate surface area is 406 Å². The highest BCUT2D eigenvalue weighted by Gasteiger charge is 2.25. The predicted octanol–water partition coefficient (Wildman–Crippen LogP) is 15.7. The van der Waals surface area contributed by atoms with E-state index >= 15 is 0 Å². The van der Waals surface area contributed by atoms with Gasteiger partial charge >= 0.3 is 0 Å². The molecule has 0 fully saturated rings. The number of methoxy groups -OCH3 is 2. The minimum absolute atomic E-state index is 0.213. The fraction of sp³-hybridized carbons (Fsp3) is 0.0667. The Balaban J connectivity index is 0.846. The normalized spacial score (nSPS) is 11.6. The number of azo groups is 2. The van der Waals surface area contributed by atoms with Gasteiger partial charge in [-0.15, -0.1) is 10.2 Å². The molecule has 0 heterocycles. The standard InChI is InChI=1S/C60H48N6O4/c1-65(49-17-7-5-8-18-49)59(67)53-39-45-15-11-13-21-51(45)55(57(53)69-3)63-61-47-35-31-43(32-36-47)29-27-41-23-25-42(26-24-41)28-30-44-33-37-48(38-34-44)62-64-56-52-22-14-12-16-46(52)40-54(58(56)70-4)60(68)66(2)50-19-9-6-10-20-50/h5-40H,1-4H3. The van der Waals surface area contributed by atoms with Crippen LogP contribution in [0.3, 0.4) is 0 Å². The van der Waals surface area contributed by atoms with Crippen molar-refractivity contribution in [2.75, 3.05) is 38.1 Å². The highest BCUT2D eigenvalue weighted by Crippen LogP contribution is 2.42. The SMILES string of the molecule is COc1c(C(=O)N(C)c2ccccc2)cc2ccccc2c1N=Nc1ccc(C=Cc2ccc(C=Cc3ccc(N=Nc4c(OC)c(C(=O)N(C)c5ccccc5)cc5ccccc45)cc3)cc2)cc1. The van der Waals surface area contributed by atoms with Gasteiger partial charge in [0.2, 0.25) is 0 Å². The molecule has 0 atom stereocenters.